The summed E-state index contributed by atoms with van der Waals surface area (Å²) in [5, 5.41) is 6.73. The zero-order valence-corrected chi connectivity index (χ0v) is 20.1. The summed E-state index contributed by atoms with van der Waals surface area (Å²) in [6, 6.07) is 14.6. The van der Waals surface area contributed by atoms with E-state index < -0.39 is 0 Å². The molecular weight excluding hydrogens is 450 g/mol. The second-order valence-electron chi connectivity index (χ2n) is 8.74. The number of aromatic nitrogens is 1. The highest BCUT2D eigenvalue weighted by Gasteiger charge is 2.20. The maximum Gasteiger partial charge on any atom is 0.273 e. The first-order chi connectivity index (χ1) is 16.9. The minimum Gasteiger partial charge on any atom is -0.497 e. The van der Waals surface area contributed by atoms with Crippen molar-refractivity contribution in [2.24, 2.45) is 5.92 Å². The number of nitrogens with zero attached hydrogens (tertiary/aromatic N) is 2. The van der Waals surface area contributed by atoms with Crippen molar-refractivity contribution in [3.63, 3.8) is 0 Å². The Morgan fingerprint density at radius 1 is 1.03 bits per heavy atom. The monoisotopic (exact) mass is 479 g/mol. The van der Waals surface area contributed by atoms with Gasteiger partial charge in [-0.2, -0.15) is 0 Å². The summed E-state index contributed by atoms with van der Waals surface area (Å²) >= 11 is 0. The van der Waals surface area contributed by atoms with E-state index in [1.807, 2.05) is 56.3 Å². The van der Waals surface area contributed by atoms with Crippen molar-refractivity contribution >= 4 is 11.8 Å². The highest BCUT2D eigenvalue weighted by Crippen LogP contribution is 2.32. The molecule has 0 saturated carbocycles. The molecule has 0 aliphatic carbocycles. The van der Waals surface area contributed by atoms with Gasteiger partial charge in [0.25, 0.3) is 5.91 Å². The number of fused-ring (bicyclic) bond motifs is 1. The Bertz CT molecular complexity index is 1170. The molecule has 1 aliphatic heterocycles. The maximum absolute atomic E-state index is 12.9. The van der Waals surface area contributed by atoms with Crippen LogP contribution in [0.25, 0.3) is 0 Å². The number of carbonyl (C=O) groups excluding carboxylic acids is 2. The van der Waals surface area contributed by atoms with Gasteiger partial charge in [-0.15, -0.1) is 0 Å². The van der Waals surface area contributed by atoms with E-state index in [1.165, 1.54) is 0 Å². The standard InChI is InChI=1S/C26H29N3O6/c1-17(2)10-25(30)29(14-18-4-7-20(32-3)8-5-18)15-21-12-22(28-35-21)26(31)27-13-19-6-9-23-24(11-19)34-16-33-23/h4-9,11-12,17H,10,13-16H2,1-3H3,(H,27,31). The molecule has 2 aromatic carbocycles. The first-order valence-electron chi connectivity index (χ1n) is 11.4. The van der Waals surface area contributed by atoms with E-state index in [-0.39, 0.29) is 36.8 Å². The SMILES string of the molecule is COc1ccc(CN(Cc2cc(C(=O)NCc3ccc4c(c3)OCO4)no2)C(=O)CC(C)C)cc1. The van der Waals surface area contributed by atoms with E-state index in [9.17, 15) is 9.59 Å². The molecule has 2 heterocycles. The molecule has 9 heteroatoms. The summed E-state index contributed by atoms with van der Waals surface area (Å²) in [5.74, 6) is 2.38. The molecule has 0 radical (unpaired) electrons. The van der Waals surface area contributed by atoms with Crippen LogP contribution in [0.2, 0.25) is 0 Å². The molecule has 0 saturated heterocycles. The van der Waals surface area contributed by atoms with Gasteiger partial charge in [-0.05, 0) is 41.3 Å². The summed E-state index contributed by atoms with van der Waals surface area (Å²) in [6.45, 7) is 5.11. The van der Waals surface area contributed by atoms with Crippen LogP contribution in [0.3, 0.4) is 0 Å². The fourth-order valence-electron chi connectivity index (χ4n) is 3.67. The van der Waals surface area contributed by atoms with Gasteiger partial charge >= 0.3 is 0 Å². The minimum atomic E-state index is -0.368. The lowest BCUT2D eigenvalue weighted by Gasteiger charge is -2.22. The number of ether oxygens (including phenoxy) is 3. The van der Waals surface area contributed by atoms with Crippen LogP contribution in [0.5, 0.6) is 17.2 Å². The molecular formula is C26H29N3O6. The number of carbonyl (C=O) groups is 2. The minimum absolute atomic E-state index is 0.000952. The Morgan fingerprint density at radius 2 is 1.77 bits per heavy atom. The fraction of sp³-hybridized carbons (Fsp3) is 0.346. The third-order valence-electron chi connectivity index (χ3n) is 5.50. The van der Waals surface area contributed by atoms with Gasteiger partial charge < -0.3 is 29.0 Å². The summed E-state index contributed by atoms with van der Waals surface area (Å²) in [4.78, 5) is 27.2. The lowest BCUT2D eigenvalue weighted by Crippen LogP contribution is -2.30. The average molecular weight is 480 g/mol. The molecule has 0 atom stereocenters. The predicted octanol–water partition coefficient (Wildman–Crippen LogP) is 3.92. The van der Waals surface area contributed by atoms with Gasteiger partial charge in [-0.25, -0.2) is 0 Å². The van der Waals surface area contributed by atoms with Crippen molar-refractivity contribution < 1.29 is 28.3 Å². The maximum atomic E-state index is 12.9. The molecule has 1 N–H and O–H groups in total. The van der Waals surface area contributed by atoms with Crippen molar-refractivity contribution in [3.8, 4) is 17.2 Å². The van der Waals surface area contributed by atoms with Gasteiger partial charge in [0.05, 0.1) is 13.7 Å². The van der Waals surface area contributed by atoms with Crippen LogP contribution in [0.4, 0.5) is 0 Å². The van der Waals surface area contributed by atoms with Gasteiger partial charge in [0.2, 0.25) is 12.7 Å². The van der Waals surface area contributed by atoms with E-state index in [1.54, 1.807) is 18.1 Å². The molecule has 184 valence electrons. The molecule has 1 aliphatic rings. The van der Waals surface area contributed by atoms with Gasteiger partial charge in [0.1, 0.15) is 5.75 Å². The highest BCUT2D eigenvalue weighted by molar-refractivity contribution is 5.92. The molecule has 3 aromatic rings. The number of hydrogen-bond acceptors (Lipinski definition) is 7. The van der Waals surface area contributed by atoms with E-state index >= 15 is 0 Å². The van der Waals surface area contributed by atoms with Crippen molar-refractivity contribution in [1.82, 2.24) is 15.4 Å². The number of hydrogen-bond donors (Lipinski definition) is 1. The zero-order chi connectivity index (χ0) is 24.8. The van der Waals surface area contributed by atoms with Crippen molar-refractivity contribution in [1.29, 1.82) is 0 Å². The lowest BCUT2D eigenvalue weighted by atomic mass is 10.1. The lowest BCUT2D eigenvalue weighted by molar-refractivity contribution is -0.133. The Hall–Kier alpha value is -4.01. The molecule has 0 bridgehead atoms. The largest absolute Gasteiger partial charge is 0.497 e. The van der Waals surface area contributed by atoms with Crippen LogP contribution in [0.15, 0.2) is 53.1 Å². The van der Waals surface area contributed by atoms with Crippen LogP contribution < -0.4 is 19.5 Å². The fourth-order valence-corrected chi connectivity index (χ4v) is 3.67. The van der Waals surface area contributed by atoms with Crippen molar-refractivity contribution in [2.45, 2.75) is 39.9 Å². The summed E-state index contributed by atoms with van der Waals surface area (Å²) < 4.78 is 21.3. The first-order valence-corrected chi connectivity index (χ1v) is 11.4. The summed E-state index contributed by atoms with van der Waals surface area (Å²) in [6.07, 6.45) is 0.410. The molecule has 2 amide bonds. The normalized spacial score (nSPS) is 12.0. The molecule has 35 heavy (non-hydrogen) atoms. The first kappa shape index (κ1) is 24.1. The van der Waals surface area contributed by atoms with Crippen LogP contribution in [-0.2, 0) is 24.4 Å². The molecule has 1 aromatic heterocycles. The number of nitrogens with one attached hydrogen (secondary N) is 1. The van der Waals surface area contributed by atoms with E-state index in [0.717, 1.165) is 16.9 Å². The third-order valence-corrected chi connectivity index (χ3v) is 5.50. The van der Waals surface area contributed by atoms with Gasteiger partial charge in [-0.3, -0.25) is 9.59 Å². The Labute approximate surface area is 203 Å². The van der Waals surface area contributed by atoms with E-state index in [0.29, 0.717) is 36.8 Å². The second-order valence-corrected chi connectivity index (χ2v) is 8.74. The molecule has 9 nitrogen and oxygen atoms in total. The number of rotatable bonds is 10. The molecule has 0 unspecified atom stereocenters. The second kappa shape index (κ2) is 10.9. The zero-order valence-electron chi connectivity index (χ0n) is 20.1. The van der Waals surface area contributed by atoms with Crippen LogP contribution in [-0.4, -0.2) is 35.8 Å². The molecule has 4 rings (SSSR count). The smallest absolute Gasteiger partial charge is 0.273 e. The summed E-state index contributed by atoms with van der Waals surface area (Å²) in [5.41, 5.74) is 1.99. The van der Waals surface area contributed by atoms with Crippen LogP contribution in [0.1, 0.15) is 47.6 Å². The average Bonchev–Trinajstić information content (AvgIpc) is 3.51. The van der Waals surface area contributed by atoms with Crippen molar-refractivity contribution in [2.75, 3.05) is 13.9 Å². The highest BCUT2D eigenvalue weighted by atomic mass is 16.7. The Kier molecular flexibility index (Phi) is 7.54. The quantitative estimate of drug-likeness (QED) is 0.470. The molecule has 0 fully saturated rings. The van der Waals surface area contributed by atoms with E-state index in [2.05, 4.69) is 10.5 Å². The Balaban J connectivity index is 1.39. The molecule has 0 spiro atoms. The number of amides is 2. The van der Waals surface area contributed by atoms with Crippen molar-refractivity contribution in [3.05, 3.63) is 71.1 Å². The van der Waals surface area contributed by atoms with Gasteiger partial charge in [-0.1, -0.05) is 37.2 Å². The predicted molar refractivity (Wildman–Crippen MR) is 127 cm³/mol. The van der Waals surface area contributed by atoms with Gasteiger partial charge in [0.15, 0.2) is 23.0 Å². The van der Waals surface area contributed by atoms with Gasteiger partial charge in [0, 0.05) is 25.6 Å². The Morgan fingerprint density at radius 3 is 2.51 bits per heavy atom. The summed E-state index contributed by atoms with van der Waals surface area (Å²) in [7, 11) is 1.61. The third kappa shape index (κ3) is 6.32. The van der Waals surface area contributed by atoms with Crippen LogP contribution in [0, 0.1) is 5.92 Å². The van der Waals surface area contributed by atoms with E-state index in [4.69, 9.17) is 18.7 Å². The van der Waals surface area contributed by atoms with Crippen LogP contribution >= 0.6 is 0 Å². The number of methoxy groups -OCH3 is 1. The number of benzene rings is 2. The topological polar surface area (TPSA) is 103 Å².